The number of piperazine rings is 1. The third-order valence-electron chi connectivity index (χ3n) is 4.55. The second-order valence-electron chi connectivity index (χ2n) is 5.88. The van der Waals surface area contributed by atoms with E-state index >= 15 is 0 Å². The van der Waals surface area contributed by atoms with Crippen LogP contribution in [0.5, 0.6) is 0 Å². The van der Waals surface area contributed by atoms with E-state index in [0.717, 1.165) is 43.5 Å². The van der Waals surface area contributed by atoms with E-state index in [1.807, 2.05) is 6.92 Å². The van der Waals surface area contributed by atoms with Crippen LogP contribution in [-0.2, 0) is 0 Å². The highest BCUT2D eigenvalue weighted by atomic mass is 32.1. The highest BCUT2D eigenvalue weighted by molar-refractivity contribution is 7.13. The lowest BCUT2D eigenvalue weighted by Crippen LogP contribution is -2.47. The topological polar surface area (TPSA) is 45.2 Å². The van der Waals surface area contributed by atoms with Crippen molar-refractivity contribution < 1.29 is 0 Å². The fourth-order valence-electron chi connectivity index (χ4n) is 3.08. The lowest BCUT2D eigenvalue weighted by molar-refractivity contribution is 0.642. The molecule has 0 atom stereocenters. The number of aryl methyl sites for hydroxylation is 1. The number of anilines is 2. The van der Waals surface area contributed by atoms with Crippen LogP contribution in [0.25, 0.3) is 10.1 Å². The molecule has 1 saturated heterocycles. The molecule has 1 aliphatic rings. The number of fused-ring (bicyclic) bond motifs is 1. The molecular weight excluding hydrogens is 306 g/mol. The summed E-state index contributed by atoms with van der Waals surface area (Å²) >= 11 is 1.58. The predicted molar refractivity (Wildman–Crippen MR) is 95.6 cm³/mol. The Morgan fingerprint density at radius 3 is 2.39 bits per heavy atom. The molecule has 2 aromatic heterocycles. The first-order chi connectivity index (χ1) is 11.2. The number of nitrogens with zero attached hydrogens (tertiary/aromatic N) is 5. The van der Waals surface area contributed by atoms with E-state index in [4.69, 9.17) is 0 Å². The molecule has 0 spiro atoms. The molecule has 1 fully saturated rings. The van der Waals surface area contributed by atoms with E-state index in [1.54, 1.807) is 17.9 Å². The monoisotopic (exact) mass is 325 g/mol. The van der Waals surface area contributed by atoms with Crippen LogP contribution < -0.4 is 9.80 Å². The Bertz CT molecular complexity index is 836. The summed E-state index contributed by atoms with van der Waals surface area (Å²) < 4.78 is 5.93. The van der Waals surface area contributed by atoms with Crippen LogP contribution in [0.1, 0.15) is 11.3 Å². The zero-order chi connectivity index (χ0) is 15.8. The first-order valence-corrected chi connectivity index (χ1v) is 8.64. The molecule has 118 valence electrons. The molecule has 0 amide bonds. The molecule has 3 heterocycles. The summed E-state index contributed by atoms with van der Waals surface area (Å²) in [5.74, 6) is 2.20. The molecule has 0 unspecified atom stereocenters. The van der Waals surface area contributed by atoms with Crippen LogP contribution in [0, 0.1) is 13.8 Å². The minimum Gasteiger partial charge on any atom is -0.353 e. The second kappa shape index (κ2) is 5.77. The highest BCUT2D eigenvalue weighted by Gasteiger charge is 2.22. The average molecular weight is 325 g/mol. The van der Waals surface area contributed by atoms with Crippen LogP contribution in [0.4, 0.5) is 11.6 Å². The molecule has 0 aliphatic carbocycles. The second-order valence-corrected chi connectivity index (χ2v) is 6.69. The number of aromatic nitrogens is 3. The van der Waals surface area contributed by atoms with Gasteiger partial charge in [0, 0.05) is 42.8 Å². The van der Waals surface area contributed by atoms with Gasteiger partial charge in [-0.05, 0) is 37.5 Å². The maximum Gasteiger partial charge on any atom is 0.150 e. The summed E-state index contributed by atoms with van der Waals surface area (Å²) in [6, 6.07) is 8.46. The van der Waals surface area contributed by atoms with Crippen LogP contribution >= 0.6 is 11.5 Å². The van der Waals surface area contributed by atoms with Crippen LogP contribution in [0.2, 0.25) is 0 Å². The van der Waals surface area contributed by atoms with Gasteiger partial charge in [0.05, 0.1) is 4.70 Å². The molecule has 0 saturated carbocycles. The van der Waals surface area contributed by atoms with E-state index in [-0.39, 0.29) is 0 Å². The molecule has 1 aromatic carbocycles. The van der Waals surface area contributed by atoms with Crippen molar-refractivity contribution in [3.8, 4) is 0 Å². The standard InChI is InChI=1S/C17H19N5S/c1-12-13(2)18-11-19-16(12)21-7-9-22(10-8-21)17-14-5-3-4-6-15(14)23-20-17/h3-6,11H,7-10H2,1-2H3. The molecule has 23 heavy (non-hydrogen) atoms. The molecule has 5 nitrogen and oxygen atoms in total. The fraction of sp³-hybridized carbons (Fsp3) is 0.353. The van der Waals surface area contributed by atoms with E-state index in [0.29, 0.717) is 0 Å². The van der Waals surface area contributed by atoms with E-state index in [9.17, 15) is 0 Å². The zero-order valence-corrected chi connectivity index (χ0v) is 14.2. The van der Waals surface area contributed by atoms with Crippen molar-refractivity contribution in [2.75, 3.05) is 36.0 Å². The lowest BCUT2D eigenvalue weighted by atomic mass is 10.2. The van der Waals surface area contributed by atoms with Gasteiger partial charge in [-0.25, -0.2) is 9.97 Å². The van der Waals surface area contributed by atoms with Crippen molar-refractivity contribution in [3.63, 3.8) is 0 Å². The van der Waals surface area contributed by atoms with Crippen LogP contribution in [-0.4, -0.2) is 40.5 Å². The summed E-state index contributed by atoms with van der Waals surface area (Å²) in [6.07, 6.45) is 1.66. The summed E-state index contributed by atoms with van der Waals surface area (Å²) in [7, 11) is 0. The summed E-state index contributed by atoms with van der Waals surface area (Å²) in [4.78, 5) is 13.5. The number of hydrogen-bond acceptors (Lipinski definition) is 6. The van der Waals surface area contributed by atoms with Crippen LogP contribution in [0.15, 0.2) is 30.6 Å². The summed E-state index contributed by atoms with van der Waals surface area (Å²) in [6.45, 7) is 8.00. The number of benzene rings is 1. The van der Waals surface area contributed by atoms with Gasteiger partial charge in [-0.3, -0.25) is 0 Å². The largest absolute Gasteiger partial charge is 0.353 e. The van der Waals surface area contributed by atoms with Crippen molar-refractivity contribution in [1.29, 1.82) is 0 Å². The maximum absolute atomic E-state index is 4.67. The molecule has 1 aliphatic heterocycles. The van der Waals surface area contributed by atoms with Crippen molar-refractivity contribution in [3.05, 3.63) is 41.9 Å². The van der Waals surface area contributed by atoms with E-state index in [2.05, 4.69) is 55.3 Å². The Labute approximate surface area is 139 Å². The highest BCUT2D eigenvalue weighted by Crippen LogP contribution is 2.30. The van der Waals surface area contributed by atoms with Gasteiger partial charge in [-0.15, -0.1) is 0 Å². The van der Waals surface area contributed by atoms with Gasteiger partial charge in [0.1, 0.15) is 18.0 Å². The quantitative estimate of drug-likeness (QED) is 0.725. The average Bonchev–Trinajstić information content (AvgIpc) is 3.02. The predicted octanol–water partition coefficient (Wildman–Crippen LogP) is 3.03. The third-order valence-corrected chi connectivity index (χ3v) is 5.36. The molecular formula is C17H19N5S. The van der Waals surface area contributed by atoms with Gasteiger partial charge in [-0.2, -0.15) is 4.37 Å². The fourth-order valence-corrected chi connectivity index (χ4v) is 3.87. The minimum atomic E-state index is 0.961. The molecule has 6 heteroatoms. The first-order valence-electron chi connectivity index (χ1n) is 7.86. The Balaban J connectivity index is 1.54. The van der Waals surface area contributed by atoms with Crippen molar-refractivity contribution >= 4 is 33.3 Å². The molecule has 0 N–H and O–H groups in total. The normalized spacial score (nSPS) is 15.4. The Kier molecular flexibility index (Phi) is 3.61. The van der Waals surface area contributed by atoms with Crippen molar-refractivity contribution in [1.82, 2.24) is 14.3 Å². The van der Waals surface area contributed by atoms with Gasteiger partial charge in [-0.1, -0.05) is 12.1 Å². The van der Waals surface area contributed by atoms with Gasteiger partial charge < -0.3 is 9.80 Å². The van der Waals surface area contributed by atoms with Crippen LogP contribution in [0.3, 0.4) is 0 Å². The molecule has 3 aromatic rings. The SMILES string of the molecule is Cc1ncnc(N2CCN(c3nsc4ccccc34)CC2)c1C. The third kappa shape index (κ3) is 2.53. The smallest absolute Gasteiger partial charge is 0.150 e. The van der Waals surface area contributed by atoms with Crippen molar-refractivity contribution in [2.45, 2.75) is 13.8 Å². The summed E-state index contributed by atoms with van der Waals surface area (Å²) in [5, 5.41) is 1.26. The number of rotatable bonds is 2. The van der Waals surface area contributed by atoms with Gasteiger partial charge in [0.25, 0.3) is 0 Å². The lowest BCUT2D eigenvalue weighted by Gasteiger charge is -2.36. The Morgan fingerprint density at radius 2 is 1.61 bits per heavy atom. The molecule has 4 rings (SSSR count). The van der Waals surface area contributed by atoms with Crippen molar-refractivity contribution in [2.24, 2.45) is 0 Å². The number of hydrogen-bond donors (Lipinski definition) is 0. The van der Waals surface area contributed by atoms with E-state index in [1.165, 1.54) is 15.6 Å². The van der Waals surface area contributed by atoms with Gasteiger partial charge >= 0.3 is 0 Å². The molecule has 0 radical (unpaired) electrons. The Morgan fingerprint density at radius 1 is 0.913 bits per heavy atom. The van der Waals surface area contributed by atoms with E-state index < -0.39 is 0 Å². The Hall–Kier alpha value is -2.21. The summed E-state index contributed by atoms with van der Waals surface area (Å²) in [5.41, 5.74) is 2.24. The maximum atomic E-state index is 4.67. The zero-order valence-electron chi connectivity index (χ0n) is 13.4. The first kappa shape index (κ1) is 14.4. The minimum absolute atomic E-state index is 0.961. The molecule has 0 bridgehead atoms. The van der Waals surface area contributed by atoms with Gasteiger partial charge in [0.15, 0.2) is 0 Å². The van der Waals surface area contributed by atoms with Gasteiger partial charge in [0.2, 0.25) is 0 Å².